The summed E-state index contributed by atoms with van der Waals surface area (Å²) in [6.07, 6.45) is 0. The van der Waals surface area contributed by atoms with Crippen LogP contribution in [-0.2, 0) is 0 Å². The van der Waals surface area contributed by atoms with E-state index in [4.69, 9.17) is 4.74 Å². The molecule has 0 atom stereocenters. The molecule has 0 saturated heterocycles. The zero-order chi connectivity index (χ0) is 10.6. The summed E-state index contributed by atoms with van der Waals surface area (Å²) in [5, 5.41) is 5.52. The predicted octanol–water partition coefficient (Wildman–Crippen LogP) is 1.10. The Hall–Kier alpha value is -1.71. The third-order valence-corrected chi connectivity index (χ3v) is 1.96. The highest BCUT2D eigenvalue weighted by molar-refractivity contribution is 5.95. The topological polar surface area (TPSA) is 50.4 Å². The van der Waals surface area contributed by atoms with E-state index in [-0.39, 0.29) is 5.91 Å². The summed E-state index contributed by atoms with van der Waals surface area (Å²) in [7, 11) is 4.98. The van der Waals surface area contributed by atoms with Gasteiger partial charge in [0.1, 0.15) is 5.75 Å². The van der Waals surface area contributed by atoms with E-state index in [1.807, 2.05) is 0 Å². The number of benzene rings is 1. The first-order valence-corrected chi connectivity index (χ1v) is 4.30. The normalized spacial score (nSPS) is 9.36. The zero-order valence-corrected chi connectivity index (χ0v) is 8.55. The molecule has 0 aromatic heterocycles. The number of carbonyl (C=O) groups is 1. The predicted molar refractivity (Wildman–Crippen MR) is 55.9 cm³/mol. The highest BCUT2D eigenvalue weighted by atomic mass is 16.5. The largest absolute Gasteiger partial charge is 0.495 e. The SMILES string of the molecule is CNC(=O)c1ccc(OC)c(NC)c1. The third kappa shape index (κ3) is 1.96. The Balaban J connectivity index is 3.07. The summed E-state index contributed by atoms with van der Waals surface area (Å²) < 4.78 is 5.11. The van der Waals surface area contributed by atoms with Crippen molar-refractivity contribution in [1.82, 2.24) is 5.32 Å². The average molecular weight is 194 g/mol. The lowest BCUT2D eigenvalue weighted by Crippen LogP contribution is -2.17. The Kier molecular flexibility index (Phi) is 3.34. The molecule has 1 aromatic carbocycles. The Labute approximate surface area is 83.3 Å². The zero-order valence-electron chi connectivity index (χ0n) is 8.55. The number of ether oxygens (including phenoxy) is 1. The summed E-state index contributed by atoms with van der Waals surface area (Å²) in [4.78, 5) is 11.3. The van der Waals surface area contributed by atoms with E-state index in [9.17, 15) is 4.79 Å². The molecule has 2 N–H and O–H groups in total. The van der Waals surface area contributed by atoms with E-state index >= 15 is 0 Å². The fraction of sp³-hybridized carbons (Fsp3) is 0.300. The molecule has 0 fully saturated rings. The van der Waals surface area contributed by atoms with E-state index in [1.165, 1.54) is 0 Å². The number of hydrogen-bond donors (Lipinski definition) is 2. The van der Waals surface area contributed by atoms with Crippen LogP contribution in [0.15, 0.2) is 18.2 Å². The van der Waals surface area contributed by atoms with Crippen LogP contribution in [0.2, 0.25) is 0 Å². The van der Waals surface area contributed by atoms with Gasteiger partial charge in [0.25, 0.3) is 5.91 Å². The van der Waals surface area contributed by atoms with Gasteiger partial charge in [-0.2, -0.15) is 0 Å². The van der Waals surface area contributed by atoms with E-state index in [2.05, 4.69) is 10.6 Å². The quantitative estimate of drug-likeness (QED) is 0.757. The maximum atomic E-state index is 11.3. The molecule has 76 valence electrons. The fourth-order valence-corrected chi connectivity index (χ4v) is 1.19. The van der Waals surface area contributed by atoms with Gasteiger partial charge in [-0.15, -0.1) is 0 Å². The van der Waals surface area contributed by atoms with Gasteiger partial charge < -0.3 is 15.4 Å². The molecular formula is C10H14N2O2. The van der Waals surface area contributed by atoms with Gasteiger partial charge in [0.05, 0.1) is 12.8 Å². The molecule has 0 aliphatic carbocycles. The standard InChI is InChI=1S/C10H14N2O2/c1-11-8-6-7(10(13)12-2)4-5-9(8)14-3/h4-6,11H,1-3H3,(H,12,13). The van der Waals surface area contributed by atoms with Gasteiger partial charge in [0.15, 0.2) is 0 Å². The van der Waals surface area contributed by atoms with Crippen molar-refractivity contribution in [3.8, 4) is 5.75 Å². The van der Waals surface area contributed by atoms with Gasteiger partial charge in [-0.25, -0.2) is 0 Å². The van der Waals surface area contributed by atoms with Gasteiger partial charge >= 0.3 is 0 Å². The molecule has 14 heavy (non-hydrogen) atoms. The van der Waals surface area contributed by atoms with Gasteiger partial charge in [0, 0.05) is 19.7 Å². The van der Waals surface area contributed by atoms with Crippen molar-refractivity contribution in [2.45, 2.75) is 0 Å². The third-order valence-electron chi connectivity index (χ3n) is 1.96. The monoisotopic (exact) mass is 194 g/mol. The van der Waals surface area contributed by atoms with Crippen LogP contribution in [0.3, 0.4) is 0 Å². The summed E-state index contributed by atoms with van der Waals surface area (Å²) in [5.41, 5.74) is 1.41. The van der Waals surface area contributed by atoms with Crippen LogP contribution in [0.1, 0.15) is 10.4 Å². The van der Waals surface area contributed by atoms with Crippen LogP contribution in [0.5, 0.6) is 5.75 Å². The Morgan fingerprint density at radius 1 is 1.36 bits per heavy atom. The molecule has 0 bridgehead atoms. The first-order valence-electron chi connectivity index (χ1n) is 4.30. The molecule has 4 nitrogen and oxygen atoms in total. The molecule has 0 aliphatic rings. The maximum Gasteiger partial charge on any atom is 0.251 e. The van der Waals surface area contributed by atoms with Crippen molar-refractivity contribution in [2.24, 2.45) is 0 Å². The molecule has 0 unspecified atom stereocenters. The maximum absolute atomic E-state index is 11.3. The molecule has 0 aliphatic heterocycles. The van der Waals surface area contributed by atoms with Gasteiger partial charge in [-0.1, -0.05) is 0 Å². The number of rotatable bonds is 3. The van der Waals surface area contributed by atoms with E-state index in [1.54, 1.807) is 39.4 Å². The van der Waals surface area contributed by atoms with Crippen LogP contribution < -0.4 is 15.4 Å². The number of nitrogens with one attached hydrogen (secondary N) is 2. The second-order valence-electron chi connectivity index (χ2n) is 2.74. The van der Waals surface area contributed by atoms with Crippen molar-refractivity contribution >= 4 is 11.6 Å². The van der Waals surface area contributed by atoms with Crippen LogP contribution >= 0.6 is 0 Å². The molecule has 1 amide bonds. The summed E-state index contributed by atoms with van der Waals surface area (Å²) in [6, 6.07) is 5.23. The van der Waals surface area contributed by atoms with Crippen LogP contribution in [0, 0.1) is 0 Å². The van der Waals surface area contributed by atoms with E-state index in [0.717, 1.165) is 11.4 Å². The van der Waals surface area contributed by atoms with Crippen molar-refractivity contribution in [3.63, 3.8) is 0 Å². The summed E-state index contributed by atoms with van der Waals surface area (Å²) >= 11 is 0. The van der Waals surface area contributed by atoms with Crippen LogP contribution in [0.25, 0.3) is 0 Å². The summed E-state index contributed by atoms with van der Waals surface area (Å²) in [6.45, 7) is 0. The lowest BCUT2D eigenvalue weighted by molar-refractivity contribution is 0.0963. The second kappa shape index (κ2) is 4.50. The molecule has 4 heteroatoms. The number of carbonyl (C=O) groups excluding carboxylic acids is 1. The first-order chi connectivity index (χ1) is 6.72. The number of methoxy groups -OCH3 is 1. The second-order valence-corrected chi connectivity index (χ2v) is 2.74. The van der Waals surface area contributed by atoms with E-state index < -0.39 is 0 Å². The lowest BCUT2D eigenvalue weighted by Gasteiger charge is -2.09. The van der Waals surface area contributed by atoms with Crippen molar-refractivity contribution < 1.29 is 9.53 Å². The highest BCUT2D eigenvalue weighted by Gasteiger charge is 2.07. The molecule has 0 radical (unpaired) electrons. The first kappa shape index (κ1) is 10.4. The number of amides is 1. The molecule has 0 saturated carbocycles. The van der Waals surface area contributed by atoms with Crippen LogP contribution in [-0.4, -0.2) is 27.1 Å². The highest BCUT2D eigenvalue weighted by Crippen LogP contribution is 2.24. The minimum Gasteiger partial charge on any atom is -0.495 e. The molecular weight excluding hydrogens is 180 g/mol. The molecule has 1 aromatic rings. The minimum atomic E-state index is -0.107. The molecule has 0 heterocycles. The fourth-order valence-electron chi connectivity index (χ4n) is 1.19. The van der Waals surface area contributed by atoms with Crippen molar-refractivity contribution in [1.29, 1.82) is 0 Å². The van der Waals surface area contributed by atoms with Gasteiger partial charge in [0.2, 0.25) is 0 Å². The number of hydrogen-bond acceptors (Lipinski definition) is 3. The smallest absolute Gasteiger partial charge is 0.251 e. The average Bonchev–Trinajstić information content (AvgIpc) is 2.26. The van der Waals surface area contributed by atoms with E-state index in [0.29, 0.717) is 5.56 Å². The van der Waals surface area contributed by atoms with Crippen molar-refractivity contribution in [3.05, 3.63) is 23.8 Å². The Bertz CT molecular complexity index is 337. The minimum absolute atomic E-state index is 0.107. The Morgan fingerprint density at radius 2 is 2.07 bits per heavy atom. The molecule has 1 rings (SSSR count). The Morgan fingerprint density at radius 3 is 2.57 bits per heavy atom. The van der Waals surface area contributed by atoms with Crippen LogP contribution in [0.4, 0.5) is 5.69 Å². The lowest BCUT2D eigenvalue weighted by atomic mass is 10.1. The van der Waals surface area contributed by atoms with Gasteiger partial charge in [-0.05, 0) is 18.2 Å². The van der Waals surface area contributed by atoms with Gasteiger partial charge in [-0.3, -0.25) is 4.79 Å². The molecule has 0 spiro atoms. The number of anilines is 1. The van der Waals surface area contributed by atoms with Crippen molar-refractivity contribution in [2.75, 3.05) is 26.5 Å². The summed E-state index contributed by atoms with van der Waals surface area (Å²) in [5.74, 6) is 0.615.